The summed E-state index contributed by atoms with van der Waals surface area (Å²) in [5.41, 5.74) is -0.733. The SMILES string of the molecule is COCC1(C(=O)OCc2ccc(OC)cc2)CS[C@@H]2C(NC(=O)C(NC(=O)OC(C)(C)C)c3ccc(CO)c(O)c3)C(=O)N2C1. The van der Waals surface area contributed by atoms with Crippen LogP contribution >= 0.6 is 11.8 Å². The number of rotatable bonds is 11. The molecule has 4 atom stereocenters. The first-order valence-electron chi connectivity index (χ1n) is 14.2. The number of benzene rings is 2. The number of carbonyl (C=O) groups is 4. The molecule has 2 aromatic carbocycles. The van der Waals surface area contributed by atoms with Crippen LogP contribution in [0.5, 0.6) is 11.5 Å². The molecule has 0 saturated carbocycles. The summed E-state index contributed by atoms with van der Waals surface area (Å²) in [5.74, 6) is -0.917. The third-order valence-corrected chi connectivity index (χ3v) is 8.95. The predicted octanol–water partition coefficient (Wildman–Crippen LogP) is 2.23. The van der Waals surface area contributed by atoms with E-state index in [0.29, 0.717) is 5.75 Å². The highest BCUT2D eigenvalue weighted by atomic mass is 32.2. The molecule has 0 bridgehead atoms. The first kappa shape index (κ1) is 33.9. The van der Waals surface area contributed by atoms with E-state index >= 15 is 0 Å². The minimum atomic E-state index is -1.32. The number of nitrogens with one attached hydrogen (secondary N) is 2. The van der Waals surface area contributed by atoms with Crippen LogP contribution in [-0.2, 0) is 41.8 Å². The van der Waals surface area contributed by atoms with Crippen molar-refractivity contribution >= 4 is 35.6 Å². The normalized spacial score (nSPS) is 21.6. The number of fused-ring (bicyclic) bond motifs is 1. The van der Waals surface area contributed by atoms with E-state index in [2.05, 4.69) is 10.6 Å². The van der Waals surface area contributed by atoms with Gasteiger partial charge in [0.25, 0.3) is 0 Å². The van der Waals surface area contributed by atoms with Crippen molar-refractivity contribution in [2.75, 3.05) is 33.1 Å². The number of β-lactam (4-membered cyclic amide) rings is 1. The van der Waals surface area contributed by atoms with Crippen molar-refractivity contribution in [3.05, 3.63) is 59.2 Å². The summed E-state index contributed by atoms with van der Waals surface area (Å²) in [6.07, 6.45) is -0.875. The molecule has 0 aliphatic carbocycles. The fraction of sp³-hybridized carbons (Fsp3) is 0.484. The van der Waals surface area contributed by atoms with Crippen LogP contribution in [-0.4, -0.2) is 89.1 Å². The Morgan fingerprint density at radius 2 is 1.84 bits per heavy atom. The second kappa shape index (κ2) is 14.0. The number of hydrogen-bond donors (Lipinski definition) is 4. The Kier molecular flexibility index (Phi) is 10.5. The van der Waals surface area contributed by atoms with Gasteiger partial charge in [-0.2, -0.15) is 0 Å². The highest BCUT2D eigenvalue weighted by molar-refractivity contribution is 8.00. The monoisotopic (exact) mass is 645 g/mol. The lowest BCUT2D eigenvalue weighted by atomic mass is 9.87. The molecule has 4 rings (SSSR count). The number of methoxy groups -OCH3 is 2. The van der Waals surface area contributed by atoms with Crippen LogP contribution in [0.3, 0.4) is 0 Å². The maximum atomic E-state index is 13.5. The zero-order valence-corrected chi connectivity index (χ0v) is 26.6. The van der Waals surface area contributed by atoms with Gasteiger partial charge in [-0.25, -0.2) is 4.79 Å². The van der Waals surface area contributed by atoms with Gasteiger partial charge < -0.3 is 44.7 Å². The molecule has 244 valence electrons. The summed E-state index contributed by atoms with van der Waals surface area (Å²) in [4.78, 5) is 54.3. The van der Waals surface area contributed by atoms with Crippen molar-refractivity contribution in [3.8, 4) is 11.5 Å². The van der Waals surface area contributed by atoms with Gasteiger partial charge in [-0.15, -0.1) is 11.8 Å². The van der Waals surface area contributed by atoms with Crippen LogP contribution in [0.25, 0.3) is 0 Å². The lowest BCUT2D eigenvalue weighted by Crippen LogP contribution is -2.74. The zero-order valence-electron chi connectivity index (χ0n) is 25.8. The van der Waals surface area contributed by atoms with Crippen LogP contribution in [0.2, 0.25) is 0 Å². The van der Waals surface area contributed by atoms with E-state index in [1.54, 1.807) is 52.1 Å². The highest BCUT2D eigenvalue weighted by Gasteiger charge is 2.58. The van der Waals surface area contributed by atoms with Gasteiger partial charge in [0.05, 0.1) is 20.3 Å². The van der Waals surface area contributed by atoms with Crippen molar-refractivity contribution in [2.45, 2.75) is 57.0 Å². The van der Waals surface area contributed by atoms with Crippen molar-refractivity contribution < 1.29 is 48.3 Å². The summed E-state index contributed by atoms with van der Waals surface area (Å²) < 4.78 is 21.5. The van der Waals surface area contributed by atoms with Crippen LogP contribution in [0.1, 0.15) is 43.5 Å². The van der Waals surface area contributed by atoms with Crippen molar-refractivity contribution in [1.82, 2.24) is 15.5 Å². The molecule has 2 fully saturated rings. The number of thioether (sulfide) groups is 1. The first-order valence-corrected chi connectivity index (χ1v) is 15.3. The zero-order chi connectivity index (χ0) is 32.9. The van der Waals surface area contributed by atoms with Crippen LogP contribution in [0, 0.1) is 5.41 Å². The fourth-order valence-corrected chi connectivity index (χ4v) is 6.57. The highest BCUT2D eigenvalue weighted by Crippen LogP contribution is 2.43. The molecule has 14 heteroatoms. The van der Waals surface area contributed by atoms with Gasteiger partial charge in [-0.1, -0.05) is 24.3 Å². The number of esters is 1. The topological polar surface area (TPSA) is 173 Å². The van der Waals surface area contributed by atoms with E-state index in [1.807, 2.05) is 0 Å². The van der Waals surface area contributed by atoms with Gasteiger partial charge in [0.2, 0.25) is 11.8 Å². The fourth-order valence-electron chi connectivity index (χ4n) is 5.05. The van der Waals surface area contributed by atoms with Crippen LogP contribution < -0.4 is 15.4 Å². The quantitative estimate of drug-likeness (QED) is 0.209. The number of carbonyl (C=O) groups excluding carboxylic acids is 4. The maximum Gasteiger partial charge on any atom is 0.408 e. The molecule has 2 heterocycles. The standard InChI is InChI=1S/C31H39N3O10S/c1-30(2,3)44-29(40)33-23(19-8-9-20(13-35)22(36)12-19)25(37)32-24-26(38)34-15-31(16-41-4,17-45-27(24)34)28(39)43-14-18-6-10-21(42-5)11-7-18/h6-12,23-24,27,35-36H,13-17H2,1-5H3,(H,32,37)(H,33,40)/t23?,24?,27-,31?/m1/s1. The number of aliphatic hydroxyl groups is 1. The summed E-state index contributed by atoms with van der Waals surface area (Å²) in [7, 11) is 3.03. The summed E-state index contributed by atoms with van der Waals surface area (Å²) in [5, 5.41) is 24.5. The molecule has 0 spiro atoms. The number of aliphatic hydroxyl groups excluding tert-OH is 1. The summed E-state index contributed by atoms with van der Waals surface area (Å²) >= 11 is 1.32. The molecule has 2 aromatic rings. The van der Waals surface area contributed by atoms with E-state index in [9.17, 15) is 29.4 Å². The Morgan fingerprint density at radius 3 is 2.44 bits per heavy atom. The lowest BCUT2D eigenvalue weighted by Gasteiger charge is -2.54. The predicted molar refractivity (Wildman–Crippen MR) is 163 cm³/mol. The Balaban J connectivity index is 1.45. The third kappa shape index (κ3) is 7.81. The third-order valence-electron chi connectivity index (χ3n) is 7.36. The molecular weight excluding hydrogens is 606 g/mol. The Hall–Kier alpha value is -4.01. The average molecular weight is 646 g/mol. The maximum absolute atomic E-state index is 13.5. The first-order chi connectivity index (χ1) is 21.3. The second-order valence-corrected chi connectivity index (χ2v) is 13.0. The number of nitrogens with zero attached hydrogens (tertiary/aromatic N) is 1. The number of ether oxygens (including phenoxy) is 4. The molecule has 2 aliphatic rings. The second-order valence-electron chi connectivity index (χ2n) is 11.9. The van der Waals surface area contributed by atoms with Crippen molar-refractivity contribution in [2.24, 2.45) is 5.41 Å². The van der Waals surface area contributed by atoms with Gasteiger partial charge in [0.15, 0.2) is 0 Å². The summed E-state index contributed by atoms with van der Waals surface area (Å²) in [6.45, 7) is 4.70. The molecule has 3 amide bonds. The largest absolute Gasteiger partial charge is 0.508 e. The summed E-state index contributed by atoms with van der Waals surface area (Å²) in [6, 6.07) is 9.03. The molecule has 45 heavy (non-hydrogen) atoms. The van der Waals surface area contributed by atoms with E-state index in [1.165, 1.54) is 42.0 Å². The lowest BCUT2D eigenvalue weighted by molar-refractivity contribution is -0.167. The molecule has 2 aliphatic heterocycles. The molecule has 2 saturated heterocycles. The Morgan fingerprint density at radius 1 is 1.13 bits per heavy atom. The smallest absolute Gasteiger partial charge is 0.408 e. The van der Waals surface area contributed by atoms with E-state index in [4.69, 9.17) is 18.9 Å². The van der Waals surface area contributed by atoms with Crippen molar-refractivity contribution in [3.63, 3.8) is 0 Å². The van der Waals surface area contributed by atoms with Gasteiger partial charge in [0.1, 0.15) is 46.6 Å². The van der Waals surface area contributed by atoms with E-state index in [0.717, 1.165) is 5.56 Å². The molecule has 13 nitrogen and oxygen atoms in total. The minimum absolute atomic E-state index is 0.0319. The number of alkyl carbamates (subject to hydrolysis) is 1. The Bertz CT molecular complexity index is 1410. The molecule has 0 radical (unpaired) electrons. The van der Waals surface area contributed by atoms with Gasteiger partial charge >= 0.3 is 12.1 Å². The molecule has 4 N–H and O–H groups in total. The number of phenols is 1. The van der Waals surface area contributed by atoms with E-state index in [-0.39, 0.29) is 42.4 Å². The molecular formula is C31H39N3O10S. The van der Waals surface area contributed by atoms with Crippen molar-refractivity contribution in [1.29, 1.82) is 0 Å². The average Bonchev–Trinajstić information content (AvgIpc) is 3.00. The van der Waals surface area contributed by atoms with Crippen LogP contribution in [0.15, 0.2) is 42.5 Å². The Labute approximate surface area is 265 Å². The minimum Gasteiger partial charge on any atom is -0.508 e. The van der Waals surface area contributed by atoms with E-state index < -0.39 is 59.0 Å². The van der Waals surface area contributed by atoms with Gasteiger partial charge in [0, 0.05) is 25.0 Å². The molecule has 3 unspecified atom stereocenters. The molecule has 0 aromatic heterocycles. The number of amides is 3. The number of hydrogen-bond acceptors (Lipinski definition) is 11. The number of aromatic hydroxyl groups is 1. The van der Waals surface area contributed by atoms with Gasteiger partial charge in [-0.3, -0.25) is 14.4 Å². The van der Waals surface area contributed by atoms with Crippen LogP contribution in [0.4, 0.5) is 4.79 Å². The van der Waals surface area contributed by atoms with Gasteiger partial charge in [-0.05, 0) is 50.1 Å².